The largest absolute Gasteiger partial charge is 0.486 e. The van der Waals surface area contributed by atoms with E-state index in [1.54, 1.807) is 24.4 Å². The van der Waals surface area contributed by atoms with E-state index >= 15 is 0 Å². The topological polar surface area (TPSA) is 142 Å². The Hall–Kier alpha value is -4.54. The monoisotopic (exact) mass is 463 g/mol. The van der Waals surface area contributed by atoms with E-state index in [9.17, 15) is 19.2 Å². The Morgan fingerprint density at radius 2 is 1.85 bits per heavy atom. The Bertz CT molecular complexity index is 1300. The maximum atomic E-state index is 12.8. The number of carbonyl (C=O) groups is 4. The average molecular weight is 463 g/mol. The van der Waals surface area contributed by atoms with Gasteiger partial charge in [0.1, 0.15) is 25.8 Å². The van der Waals surface area contributed by atoms with Crippen LogP contribution in [-0.2, 0) is 16.0 Å². The van der Waals surface area contributed by atoms with Crippen molar-refractivity contribution in [2.45, 2.75) is 12.5 Å². The second kappa shape index (κ2) is 8.77. The number of para-hydroxylation sites is 1. The normalized spacial score (nSPS) is 16.9. The number of nitrogens with one attached hydrogen (secondary N) is 4. The molecule has 34 heavy (non-hydrogen) atoms. The van der Waals surface area contributed by atoms with Gasteiger partial charge in [0, 0.05) is 35.3 Å². The minimum absolute atomic E-state index is 0.275. The predicted octanol–water partition coefficient (Wildman–Crippen LogP) is 1.75. The molecule has 1 fully saturated rings. The molecule has 2 aromatic carbocycles. The minimum atomic E-state index is -0.802. The number of benzene rings is 2. The van der Waals surface area contributed by atoms with Gasteiger partial charge in [-0.1, -0.05) is 18.2 Å². The molecule has 3 heterocycles. The summed E-state index contributed by atoms with van der Waals surface area (Å²) in [6, 6.07) is 10.2. The Morgan fingerprint density at radius 1 is 1.06 bits per heavy atom. The first kappa shape index (κ1) is 21.3. The number of nitrogens with zero attached hydrogens (tertiary/aromatic N) is 1. The van der Waals surface area contributed by atoms with Crippen LogP contribution in [0.15, 0.2) is 48.7 Å². The molecule has 0 saturated carbocycles. The second-order valence-corrected chi connectivity index (χ2v) is 7.85. The van der Waals surface area contributed by atoms with E-state index in [2.05, 4.69) is 20.9 Å². The van der Waals surface area contributed by atoms with E-state index < -0.39 is 36.5 Å². The molecule has 0 unspecified atom stereocenters. The van der Waals surface area contributed by atoms with Gasteiger partial charge < -0.3 is 25.1 Å². The van der Waals surface area contributed by atoms with E-state index in [1.807, 2.05) is 24.3 Å². The van der Waals surface area contributed by atoms with Crippen LogP contribution >= 0.6 is 0 Å². The highest BCUT2D eigenvalue weighted by Crippen LogP contribution is 2.32. The van der Waals surface area contributed by atoms with Crippen LogP contribution < -0.4 is 25.4 Å². The van der Waals surface area contributed by atoms with Crippen molar-refractivity contribution >= 4 is 40.5 Å². The van der Waals surface area contributed by atoms with E-state index in [1.165, 1.54) is 0 Å². The Morgan fingerprint density at radius 3 is 2.71 bits per heavy atom. The lowest BCUT2D eigenvalue weighted by molar-refractivity contribution is -0.131. The molecule has 5 rings (SSSR count). The molecule has 0 spiro atoms. The van der Waals surface area contributed by atoms with Gasteiger partial charge in [-0.3, -0.25) is 19.8 Å². The molecule has 6 amide bonds. The number of amides is 6. The molecule has 1 aromatic heterocycles. The SMILES string of the molecule is O=C(CN1C(=O)N[C@H](Cc2c[nH]c3ccccc23)C1=O)NC(=O)Nc1ccc2c(c1)OCCO2. The summed E-state index contributed by atoms with van der Waals surface area (Å²) in [6.45, 7) is 0.262. The number of fused-ring (bicyclic) bond motifs is 2. The number of imide groups is 2. The standard InChI is InChI=1S/C23H21N5O6/c29-20(27-22(31)25-14-5-6-18-19(10-14)34-8-7-33-18)12-28-21(30)17(26-23(28)32)9-13-11-24-16-4-2-1-3-15(13)16/h1-6,10-11,17,24H,7-9,12H2,(H,26,32)(H2,25,27,29,31)/t17-/m1/s1. The Balaban J connectivity index is 1.17. The van der Waals surface area contributed by atoms with Crippen LogP contribution in [0.5, 0.6) is 11.5 Å². The molecular weight excluding hydrogens is 442 g/mol. The third-order valence-electron chi connectivity index (χ3n) is 5.56. The Kier molecular flexibility index (Phi) is 5.50. The minimum Gasteiger partial charge on any atom is -0.486 e. The summed E-state index contributed by atoms with van der Waals surface area (Å²) in [5, 5.41) is 8.19. The zero-order chi connectivity index (χ0) is 23.7. The van der Waals surface area contributed by atoms with Crippen molar-refractivity contribution < 1.29 is 28.7 Å². The molecule has 174 valence electrons. The van der Waals surface area contributed by atoms with Crippen molar-refractivity contribution in [3.05, 3.63) is 54.2 Å². The first-order chi connectivity index (χ1) is 16.5. The van der Waals surface area contributed by atoms with Gasteiger partial charge in [0.25, 0.3) is 5.91 Å². The van der Waals surface area contributed by atoms with Crippen molar-refractivity contribution in [3.63, 3.8) is 0 Å². The third-order valence-corrected chi connectivity index (χ3v) is 5.56. The quantitative estimate of drug-likeness (QED) is 0.425. The molecular formula is C23H21N5O6. The number of rotatable bonds is 5. The number of carbonyl (C=O) groups excluding carboxylic acids is 4. The summed E-state index contributed by atoms with van der Waals surface area (Å²) in [5.74, 6) is -0.283. The Labute approximate surface area is 193 Å². The summed E-state index contributed by atoms with van der Waals surface area (Å²) in [4.78, 5) is 53.5. The summed E-state index contributed by atoms with van der Waals surface area (Å²) < 4.78 is 10.9. The highest BCUT2D eigenvalue weighted by Gasteiger charge is 2.39. The van der Waals surface area contributed by atoms with Crippen molar-refractivity contribution in [1.82, 2.24) is 20.5 Å². The van der Waals surface area contributed by atoms with Gasteiger partial charge >= 0.3 is 12.1 Å². The van der Waals surface area contributed by atoms with Crippen LogP contribution in [0.1, 0.15) is 5.56 Å². The van der Waals surface area contributed by atoms with E-state index in [-0.39, 0.29) is 6.42 Å². The van der Waals surface area contributed by atoms with Crippen molar-refractivity contribution in [3.8, 4) is 11.5 Å². The van der Waals surface area contributed by atoms with E-state index in [0.717, 1.165) is 21.4 Å². The molecule has 1 atom stereocenters. The highest BCUT2D eigenvalue weighted by molar-refractivity contribution is 6.09. The zero-order valence-electron chi connectivity index (χ0n) is 17.9. The lowest BCUT2D eigenvalue weighted by Gasteiger charge is -2.19. The molecule has 2 aliphatic rings. The maximum Gasteiger partial charge on any atom is 0.325 e. The van der Waals surface area contributed by atoms with Crippen LogP contribution in [0.3, 0.4) is 0 Å². The fourth-order valence-electron chi connectivity index (χ4n) is 3.98. The number of H-pyrrole nitrogens is 1. The van der Waals surface area contributed by atoms with Crippen LogP contribution in [0.4, 0.5) is 15.3 Å². The molecule has 0 aliphatic carbocycles. The molecule has 1 saturated heterocycles. The summed E-state index contributed by atoms with van der Waals surface area (Å²) in [6.07, 6.45) is 2.07. The average Bonchev–Trinajstić information content (AvgIpc) is 3.35. The first-order valence-corrected chi connectivity index (χ1v) is 10.7. The third kappa shape index (κ3) is 4.22. The van der Waals surface area contributed by atoms with Gasteiger partial charge in [0.2, 0.25) is 5.91 Å². The van der Waals surface area contributed by atoms with Crippen LogP contribution in [0.2, 0.25) is 0 Å². The molecule has 3 aromatic rings. The number of aromatic amines is 1. The van der Waals surface area contributed by atoms with Crippen molar-refractivity contribution in [2.24, 2.45) is 0 Å². The summed E-state index contributed by atoms with van der Waals surface area (Å²) in [7, 11) is 0. The lowest BCUT2D eigenvalue weighted by atomic mass is 10.1. The molecule has 11 heteroatoms. The van der Waals surface area contributed by atoms with E-state index in [4.69, 9.17) is 9.47 Å². The van der Waals surface area contributed by atoms with Crippen molar-refractivity contribution in [2.75, 3.05) is 25.1 Å². The number of urea groups is 2. The summed E-state index contributed by atoms with van der Waals surface area (Å²) in [5.41, 5.74) is 2.19. The highest BCUT2D eigenvalue weighted by atomic mass is 16.6. The number of ether oxygens (including phenoxy) is 2. The van der Waals surface area contributed by atoms with Gasteiger partial charge in [-0.2, -0.15) is 0 Å². The molecule has 11 nitrogen and oxygen atoms in total. The molecule has 2 aliphatic heterocycles. The maximum absolute atomic E-state index is 12.8. The van der Waals surface area contributed by atoms with Gasteiger partial charge in [0.05, 0.1) is 0 Å². The fraction of sp³-hybridized carbons (Fsp3) is 0.217. The van der Waals surface area contributed by atoms with Crippen molar-refractivity contribution in [1.29, 1.82) is 0 Å². The fourth-order valence-corrected chi connectivity index (χ4v) is 3.98. The second-order valence-electron chi connectivity index (χ2n) is 7.85. The zero-order valence-corrected chi connectivity index (χ0v) is 17.9. The molecule has 0 radical (unpaired) electrons. The number of aromatic nitrogens is 1. The van der Waals surface area contributed by atoms with Crippen LogP contribution in [-0.4, -0.2) is 59.6 Å². The lowest BCUT2D eigenvalue weighted by Crippen LogP contribution is -2.44. The summed E-state index contributed by atoms with van der Waals surface area (Å²) >= 11 is 0. The van der Waals surface area contributed by atoms with Gasteiger partial charge in [-0.15, -0.1) is 0 Å². The molecule has 4 N–H and O–H groups in total. The predicted molar refractivity (Wildman–Crippen MR) is 121 cm³/mol. The van der Waals surface area contributed by atoms with Gasteiger partial charge in [-0.05, 0) is 23.8 Å². The first-order valence-electron chi connectivity index (χ1n) is 10.7. The van der Waals surface area contributed by atoms with Crippen LogP contribution in [0.25, 0.3) is 10.9 Å². The number of hydrogen-bond donors (Lipinski definition) is 4. The van der Waals surface area contributed by atoms with Gasteiger partial charge in [0.15, 0.2) is 11.5 Å². The number of hydrogen-bond acceptors (Lipinski definition) is 6. The smallest absolute Gasteiger partial charge is 0.325 e. The molecule has 0 bridgehead atoms. The van der Waals surface area contributed by atoms with Crippen LogP contribution in [0, 0.1) is 0 Å². The van der Waals surface area contributed by atoms with Gasteiger partial charge in [-0.25, -0.2) is 9.59 Å². The number of anilines is 1. The van der Waals surface area contributed by atoms with E-state index in [0.29, 0.717) is 30.4 Å².